The molecular weight excluding hydrogens is 366 g/mol. The summed E-state index contributed by atoms with van der Waals surface area (Å²) in [7, 11) is 1.79. The summed E-state index contributed by atoms with van der Waals surface area (Å²) in [5.74, 6) is 0.658. The molecule has 0 unspecified atom stereocenters. The highest BCUT2D eigenvalue weighted by Crippen LogP contribution is 2.20. The molecular formula is C20H18BrNO2. The number of ether oxygens (including phenoxy) is 1. The number of nitrogens with zero attached hydrogens (tertiary/aromatic N) is 1. The molecule has 0 aliphatic heterocycles. The molecule has 0 radical (unpaired) electrons. The zero-order valence-corrected chi connectivity index (χ0v) is 15.0. The summed E-state index contributed by atoms with van der Waals surface area (Å²) in [5, 5.41) is 2.26. The van der Waals surface area contributed by atoms with Crippen LogP contribution in [0.2, 0.25) is 0 Å². The molecule has 0 spiro atoms. The van der Waals surface area contributed by atoms with Gasteiger partial charge in [-0.05, 0) is 40.6 Å². The fourth-order valence-electron chi connectivity index (χ4n) is 2.46. The number of halogens is 1. The molecule has 1 amide bonds. The van der Waals surface area contributed by atoms with Gasteiger partial charge in [-0.1, -0.05) is 58.4 Å². The summed E-state index contributed by atoms with van der Waals surface area (Å²) < 4.78 is 6.68. The normalized spacial score (nSPS) is 10.6. The third-order valence-corrected chi connectivity index (χ3v) is 4.37. The van der Waals surface area contributed by atoms with E-state index in [0.717, 1.165) is 20.8 Å². The summed E-state index contributed by atoms with van der Waals surface area (Å²) in [6.07, 6.45) is 0. The van der Waals surface area contributed by atoms with Gasteiger partial charge in [0.2, 0.25) is 0 Å². The van der Waals surface area contributed by atoms with Crippen LogP contribution in [0, 0.1) is 0 Å². The minimum Gasteiger partial charge on any atom is -0.484 e. The Kier molecular flexibility index (Phi) is 5.16. The van der Waals surface area contributed by atoms with Crippen LogP contribution >= 0.6 is 15.9 Å². The Bertz CT molecular complexity index is 846. The Morgan fingerprint density at radius 3 is 2.46 bits per heavy atom. The van der Waals surface area contributed by atoms with Crippen molar-refractivity contribution >= 4 is 32.6 Å². The zero-order valence-electron chi connectivity index (χ0n) is 13.4. The topological polar surface area (TPSA) is 29.5 Å². The van der Waals surface area contributed by atoms with E-state index < -0.39 is 0 Å². The molecule has 0 aliphatic rings. The first-order chi connectivity index (χ1) is 11.6. The predicted octanol–water partition coefficient (Wildman–Crippen LogP) is 4.64. The Balaban J connectivity index is 1.58. The average Bonchev–Trinajstić information content (AvgIpc) is 2.61. The molecule has 3 aromatic carbocycles. The SMILES string of the molecule is CN(Cc1ccc(Br)cc1)C(=O)COc1ccc2ccccc2c1. The number of fused-ring (bicyclic) bond motifs is 1. The van der Waals surface area contributed by atoms with E-state index in [4.69, 9.17) is 4.74 Å². The highest BCUT2D eigenvalue weighted by Gasteiger charge is 2.10. The summed E-state index contributed by atoms with van der Waals surface area (Å²) >= 11 is 3.41. The minimum atomic E-state index is -0.0499. The lowest BCUT2D eigenvalue weighted by Crippen LogP contribution is -2.30. The predicted molar refractivity (Wildman–Crippen MR) is 100 cm³/mol. The number of carbonyl (C=O) groups excluding carboxylic acids is 1. The standard InChI is InChI=1S/C20H18BrNO2/c1-22(13-15-6-9-18(21)10-7-15)20(23)14-24-19-11-8-16-4-2-3-5-17(16)12-19/h2-12H,13-14H2,1H3. The maximum atomic E-state index is 12.2. The molecule has 4 heteroatoms. The maximum Gasteiger partial charge on any atom is 0.260 e. The van der Waals surface area contributed by atoms with Gasteiger partial charge >= 0.3 is 0 Å². The second-order valence-corrected chi connectivity index (χ2v) is 6.59. The van der Waals surface area contributed by atoms with Crippen molar-refractivity contribution in [3.05, 3.63) is 76.8 Å². The number of rotatable bonds is 5. The first-order valence-corrected chi connectivity index (χ1v) is 8.51. The van der Waals surface area contributed by atoms with Crippen LogP contribution in [0.5, 0.6) is 5.75 Å². The van der Waals surface area contributed by atoms with Gasteiger partial charge in [-0.15, -0.1) is 0 Å². The van der Waals surface area contributed by atoms with Crippen LogP contribution in [0.1, 0.15) is 5.56 Å². The number of carbonyl (C=O) groups is 1. The quantitative estimate of drug-likeness (QED) is 0.642. The molecule has 0 saturated carbocycles. The largest absolute Gasteiger partial charge is 0.484 e. The lowest BCUT2D eigenvalue weighted by Gasteiger charge is -2.17. The van der Waals surface area contributed by atoms with Crippen molar-refractivity contribution < 1.29 is 9.53 Å². The zero-order chi connectivity index (χ0) is 16.9. The Hall–Kier alpha value is -2.33. The third kappa shape index (κ3) is 4.15. The Morgan fingerprint density at radius 1 is 1.00 bits per heavy atom. The van der Waals surface area contributed by atoms with Gasteiger partial charge in [0.05, 0.1) is 0 Å². The van der Waals surface area contributed by atoms with Crippen LogP contribution in [-0.4, -0.2) is 24.5 Å². The van der Waals surface area contributed by atoms with Crippen LogP contribution in [0.4, 0.5) is 0 Å². The third-order valence-electron chi connectivity index (χ3n) is 3.84. The van der Waals surface area contributed by atoms with Gasteiger partial charge in [-0.25, -0.2) is 0 Å². The van der Waals surface area contributed by atoms with E-state index in [2.05, 4.69) is 22.0 Å². The van der Waals surface area contributed by atoms with E-state index in [-0.39, 0.29) is 12.5 Å². The van der Waals surface area contributed by atoms with Crippen molar-refractivity contribution in [2.45, 2.75) is 6.54 Å². The number of benzene rings is 3. The van der Waals surface area contributed by atoms with Crippen molar-refractivity contribution in [2.75, 3.05) is 13.7 Å². The molecule has 0 aliphatic carbocycles. The van der Waals surface area contributed by atoms with Crippen LogP contribution in [0.25, 0.3) is 10.8 Å². The number of hydrogen-bond donors (Lipinski definition) is 0. The second kappa shape index (κ2) is 7.49. The van der Waals surface area contributed by atoms with Crippen LogP contribution in [0.15, 0.2) is 71.2 Å². The molecule has 3 nitrogen and oxygen atoms in total. The van der Waals surface area contributed by atoms with Crippen LogP contribution in [0.3, 0.4) is 0 Å². The Labute approximate surface area is 150 Å². The molecule has 0 atom stereocenters. The number of hydrogen-bond acceptors (Lipinski definition) is 2. The highest BCUT2D eigenvalue weighted by molar-refractivity contribution is 9.10. The molecule has 0 fully saturated rings. The molecule has 122 valence electrons. The monoisotopic (exact) mass is 383 g/mol. The summed E-state index contributed by atoms with van der Waals surface area (Å²) in [6.45, 7) is 0.596. The van der Waals surface area contributed by atoms with Crippen molar-refractivity contribution in [3.63, 3.8) is 0 Å². The van der Waals surface area contributed by atoms with E-state index in [1.54, 1.807) is 11.9 Å². The summed E-state index contributed by atoms with van der Waals surface area (Å²) in [6, 6.07) is 21.9. The van der Waals surface area contributed by atoms with Crippen molar-refractivity contribution in [2.24, 2.45) is 0 Å². The molecule has 0 bridgehead atoms. The average molecular weight is 384 g/mol. The van der Waals surface area contributed by atoms with E-state index in [1.165, 1.54) is 0 Å². The van der Waals surface area contributed by atoms with Crippen LogP contribution in [-0.2, 0) is 11.3 Å². The minimum absolute atomic E-state index is 0.0331. The van der Waals surface area contributed by atoms with E-state index in [0.29, 0.717) is 12.3 Å². The lowest BCUT2D eigenvalue weighted by atomic mass is 10.1. The van der Waals surface area contributed by atoms with Gasteiger partial charge in [0, 0.05) is 18.1 Å². The summed E-state index contributed by atoms with van der Waals surface area (Å²) in [5.41, 5.74) is 1.08. The maximum absolute atomic E-state index is 12.2. The second-order valence-electron chi connectivity index (χ2n) is 5.67. The molecule has 0 aromatic heterocycles. The van der Waals surface area contributed by atoms with E-state index in [1.807, 2.05) is 60.7 Å². The number of amides is 1. The molecule has 3 rings (SSSR count). The summed E-state index contributed by atoms with van der Waals surface area (Å²) in [4.78, 5) is 13.9. The highest BCUT2D eigenvalue weighted by atomic mass is 79.9. The molecule has 0 N–H and O–H groups in total. The first-order valence-electron chi connectivity index (χ1n) is 7.72. The van der Waals surface area contributed by atoms with Crippen molar-refractivity contribution in [1.82, 2.24) is 4.90 Å². The van der Waals surface area contributed by atoms with Crippen molar-refractivity contribution in [3.8, 4) is 5.75 Å². The molecule has 0 heterocycles. The van der Waals surface area contributed by atoms with Crippen LogP contribution < -0.4 is 4.74 Å². The van der Waals surface area contributed by atoms with E-state index in [9.17, 15) is 4.79 Å². The van der Waals surface area contributed by atoms with Gasteiger partial charge in [-0.3, -0.25) is 4.79 Å². The van der Waals surface area contributed by atoms with E-state index >= 15 is 0 Å². The van der Waals surface area contributed by atoms with Gasteiger partial charge in [0.15, 0.2) is 6.61 Å². The van der Waals surface area contributed by atoms with Gasteiger partial charge < -0.3 is 9.64 Å². The first kappa shape index (κ1) is 16.5. The van der Waals surface area contributed by atoms with Gasteiger partial charge in [0.1, 0.15) is 5.75 Å². The lowest BCUT2D eigenvalue weighted by molar-refractivity contribution is -0.132. The van der Waals surface area contributed by atoms with Gasteiger partial charge in [-0.2, -0.15) is 0 Å². The van der Waals surface area contributed by atoms with Crippen molar-refractivity contribution in [1.29, 1.82) is 0 Å². The molecule has 0 saturated heterocycles. The fourth-order valence-corrected chi connectivity index (χ4v) is 2.73. The molecule has 24 heavy (non-hydrogen) atoms. The van der Waals surface area contributed by atoms with Gasteiger partial charge in [0.25, 0.3) is 5.91 Å². The fraction of sp³-hybridized carbons (Fsp3) is 0.150. The Morgan fingerprint density at radius 2 is 1.71 bits per heavy atom. The number of likely N-dealkylation sites (N-methyl/N-ethyl adjacent to an activating group) is 1. The molecule has 3 aromatic rings. The smallest absolute Gasteiger partial charge is 0.260 e.